The average Bonchev–Trinajstić information content (AvgIpc) is 2.98. The van der Waals surface area contributed by atoms with Crippen molar-refractivity contribution in [2.24, 2.45) is 5.92 Å². The van der Waals surface area contributed by atoms with Crippen LogP contribution in [0.25, 0.3) is 0 Å². The standard InChI is InChI=1S/C19H25N3O2/c1-14(2)12-17-13-18(21-24-17)20-19(23)22(4)15(3)10-11-16-8-6-5-7-9-16/h5-9,13-14H,3,10-12H2,1-2,4H3,(H,20,21,23). The van der Waals surface area contributed by atoms with Crippen molar-refractivity contribution in [3.63, 3.8) is 0 Å². The summed E-state index contributed by atoms with van der Waals surface area (Å²) in [5.41, 5.74) is 1.98. The lowest BCUT2D eigenvalue weighted by Crippen LogP contribution is -2.30. The van der Waals surface area contributed by atoms with Gasteiger partial charge in [0.25, 0.3) is 0 Å². The number of allylic oxidation sites excluding steroid dienone is 1. The van der Waals surface area contributed by atoms with Crippen molar-refractivity contribution < 1.29 is 9.32 Å². The largest absolute Gasteiger partial charge is 0.359 e. The van der Waals surface area contributed by atoms with E-state index in [2.05, 4.69) is 43.0 Å². The van der Waals surface area contributed by atoms with Crippen molar-refractivity contribution in [2.75, 3.05) is 12.4 Å². The quantitative estimate of drug-likeness (QED) is 0.815. The smallest absolute Gasteiger partial charge is 0.327 e. The second-order valence-corrected chi connectivity index (χ2v) is 6.32. The van der Waals surface area contributed by atoms with E-state index in [1.54, 1.807) is 13.1 Å². The lowest BCUT2D eigenvalue weighted by atomic mass is 10.1. The number of nitrogens with zero attached hydrogens (tertiary/aromatic N) is 2. The Kier molecular flexibility index (Phi) is 6.18. The molecule has 1 aromatic heterocycles. The summed E-state index contributed by atoms with van der Waals surface area (Å²) in [4.78, 5) is 13.8. The van der Waals surface area contributed by atoms with E-state index < -0.39 is 0 Å². The van der Waals surface area contributed by atoms with Crippen LogP contribution in [0.2, 0.25) is 0 Å². The molecule has 5 nitrogen and oxygen atoms in total. The first-order valence-corrected chi connectivity index (χ1v) is 8.17. The first-order chi connectivity index (χ1) is 11.5. The van der Waals surface area contributed by atoms with Crippen molar-refractivity contribution in [1.29, 1.82) is 0 Å². The Morgan fingerprint density at radius 2 is 2.04 bits per heavy atom. The first kappa shape index (κ1) is 17.8. The van der Waals surface area contributed by atoms with E-state index in [0.717, 1.165) is 24.3 Å². The van der Waals surface area contributed by atoms with Gasteiger partial charge >= 0.3 is 6.03 Å². The van der Waals surface area contributed by atoms with Crippen LogP contribution in [0, 0.1) is 5.92 Å². The zero-order valence-electron chi connectivity index (χ0n) is 14.6. The Bertz CT molecular complexity index is 677. The highest BCUT2D eigenvalue weighted by molar-refractivity contribution is 5.89. The molecule has 1 heterocycles. The van der Waals surface area contributed by atoms with Crippen LogP contribution in [0.1, 0.15) is 31.6 Å². The predicted octanol–water partition coefficient (Wildman–Crippen LogP) is 4.48. The van der Waals surface area contributed by atoms with Gasteiger partial charge < -0.3 is 9.42 Å². The lowest BCUT2D eigenvalue weighted by Gasteiger charge is -2.19. The molecule has 2 rings (SSSR count). The Morgan fingerprint density at radius 3 is 2.71 bits per heavy atom. The minimum Gasteiger partial charge on any atom is -0.359 e. The number of aromatic nitrogens is 1. The van der Waals surface area contributed by atoms with E-state index in [1.807, 2.05) is 18.2 Å². The van der Waals surface area contributed by atoms with Crippen LogP contribution in [0.5, 0.6) is 0 Å². The fourth-order valence-corrected chi connectivity index (χ4v) is 2.31. The monoisotopic (exact) mass is 327 g/mol. The van der Waals surface area contributed by atoms with Gasteiger partial charge in [-0.05, 0) is 24.3 Å². The number of hydrogen-bond donors (Lipinski definition) is 1. The molecule has 1 aromatic carbocycles. The number of benzene rings is 1. The Hall–Kier alpha value is -2.56. The number of anilines is 1. The summed E-state index contributed by atoms with van der Waals surface area (Å²) in [7, 11) is 1.71. The van der Waals surface area contributed by atoms with Gasteiger partial charge in [0.05, 0.1) is 0 Å². The average molecular weight is 327 g/mol. The molecule has 2 amide bonds. The molecule has 5 heteroatoms. The summed E-state index contributed by atoms with van der Waals surface area (Å²) in [6.07, 6.45) is 2.35. The molecule has 0 fully saturated rings. The van der Waals surface area contributed by atoms with E-state index in [-0.39, 0.29) is 6.03 Å². The summed E-state index contributed by atoms with van der Waals surface area (Å²) >= 11 is 0. The van der Waals surface area contributed by atoms with Crippen molar-refractivity contribution in [2.45, 2.75) is 33.1 Å². The summed E-state index contributed by atoms with van der Waals surface area (Å²) in [6, 6.07) is 11.6. The third-order valence-electron chi connectivity index (χ3n) is 3.73. The third-order valence-corrected chi connectivity index (χ3v) is 3.73. The van der Waals surface area contributed by atoms with Gasteiger partial charge in [0, 0.05) is 25.2 Å². The van der Waals surface area contributed by atoms with Crippen LogP contribution in [-0.2, 0) is 12.8 Å². The van der Waals surface area contributed by atoms with E-state index in [4.69, 9.17) is 4.52 Å². The number of hydrogen-bond acceptors (Lipinski definition) is 3. The number of nitrogens with one attached hydrogen (secondary N) is 1. The van der Waals surface area contributed by atoms with Crippen molar-refractivity contribution in [1.82, 2.24) is 10.1 Å². The predicted molar refractivity (Wildman–Crippen MR) is 95.7 cm³/mol. The number of rotatable bonds is 7. The minimum atomic E-state index is -0.266. The maximum atomic E-state index is 12.3. The number of urea groups is 1. The van der Waals surface area contributed by atoms with Gasteiger partial charge in [0.15, 0.2) is 5.82 Å². The number of amides is 2. The minimum absolute atomic E-state index is 0.266. The molecule has 0 saturated heterocycles. The molecule has 0 unspecified atom stereocenters. The molecule has 24 heavy (non-hydrogen) atoms. The van der Waals surface area contributed by atoms with Gasteiger partial charge in [-0.3, -0.25) is 5.32 Å². The second kappa shape index (κ2) is 8.34. The topological polar surface area (TPSA) is 58.4 Å². The first-order valence-electron chi connectivity index (χ1n) is 8.17. The summed E-state index contributed by atoms with van der Waals surface area (Å²) < 4.78 is 5.22. The second-order valence-electron chi connectivity index (χ2n) is 6.32. The van der Waals surface area contributed by atoms with Crippen molar-refractivity contribution >= 4 is 11.8 Å². The SMILES string of the molecule is C=C(CCc1ccccc1)N(C)C(=O)Nc1cc(CC(C)C)on1. The molecule has 0 radical (unpaired) electrons. The normalized spacial score (nSPS) is 10.7. The number of aryl methyl sites for hydroxylation is 1. The highest BCUT2D eigenvalue weighted by Crippen LogP contribution is 2.15. The summed E-state index contributed by atoms with van der Waals surface area (Å²) in [5, 5.41) is 6.62. The van der Waals surface area contributed by atoms with E-state index in [1.165, 1.54) is 10.5 Å². The van der Waals surface area contributed by atoms with Crippen LogP contribution >= 0.6 is 0 Å². The van der Waals surface area contributed by atoms with Gasteiger partial charge in [0.2, 0.25) is 0 Å². The molecule has 2 aromatic rings. The van der Waals surface area contributed by atoms with Gasteiger partial charge in [0.1, 0.15) is 5.76 Å². The summed E-state index contributed by atoms with van der Waals surface area (Å²) in [6.45, 7) is 8.20. The molecule has 0 aliphatic rings. The molecular formula is C19H25N3O2. The van der Waals surface area contributed by atoms with Crippen LogP contribution in [0.4, 0.5) is 10.6 Å². The van der Waals surface area contributed by atoms with Gasteiger partial charge in [-0.1, -0.05) is 55.9 Å². The number of carbonyl (C=O) groups excluding carboxylic acids is 1. The van der Waals surface area contributed by atoms with Crippen LogP contribution in [0.15, 0.2) is 53.2 Å². The zero-order chi connectivity index (χ0) is 17.5. The van der Waals surface area contributed by atoms with Gasteiger partial charge in [-0.2, -0.15) is 0 Å². The Morgan fingerprint density at radius 1 is 1.33 bits per heavy atom. The molecule has 0 aliphatic carbocycles. The molecule has 0 aliphatic heterocycles. The molecular weight excluding hydrogens is 302 g/mol. The van der Waals surface area contributed by atoms with Crippen molar-refractivity contribution in [3.05, 3.63) is 60.0 Å². The van der Waals surface area contributed by atoms with Crippen LogP contribution in [0.3, 0.4) is 0 Å². The highest BCUT2D eigenvalue weighted by atomic mass is 16.5. The van der Waals surface area contributed by atoms with Crippen LogP contribution < -0.4 is 5.32 Å². The molecule has 0 saturated carbocycles. The molecule has 0 atom stereocenters. The maximum Gasteiger partial charge on any atom is 0.327 e. The summed E-state index contributed by atoms with van der Waals surface area (Å²) in [5.74, 6) is 1.67. The Balaban J connectivity index is 1.84. The zero-order valence-corrected chi connectivity index (χ0v) is 14.6. The van der Waals surface area contributed by atoms with Gasteiger partial charge in [-0.25, -0.2) is 4.79 Å². The molecule has 0 bridgehead atoms. The van der Waals surface area contributed by atoms with Gasteiger partial charge in [-0.15, -0.1) is 0 Å². The van der Waals surface area contributed by atoms with Crippen LogP contribution in [-0.4, -0.2) is 23.1 Å². The van der Waals surface area contributed by atoms with E-state index in [0.29, 0.717) is 18.2 Å². The lowest BCUT2D eigenvalue weighted by molar-refractivity contribution is 0.231. The molecule has 128 valence electrons. The fourth-order valence-electron chi connectivity index (χ4n) is 2.31. The molecule has 0 spiro atoms. The Labute approximate surface area is 143 Å². The number of carbonyl (C=O) groups is 1. The fraction of sp³-hybridized carbons (Fsp3) is 0.368. The van der Waals surface area contributed by atoms with E-state index in [9.17, 15) is 4.79 Å². The third kappa shape index (κ3) is 5.26. The van der Waals surface area contributed by atoms with Crippen molar-refractivity contribution in [3.8, 4) is 0 Å². The highest BCUT2D eigenvalue weighted by Gasteiger charge is 2.14. The maximum absolute atomic E-state index is 12.3. The van der Waals surface area contributed by atoms with E-state index >= 15 is 0 Å². The molecule has 1 N–H and O–H groups in total.